The Morgan fingerprint density at radius 2 is 1.75 bits per heavy atom. The molecule has 0 saturated carbocycles. The van der Waals surface area contributed by atoms with E-state index in [1.54, 1.807) is 47.1 Å². The zero-order valence-corrected chi connectivity index (χ0v) is 20.7. The minimum Gasteiger partial charge on any atom is -0.383 e. The van der Waals surface area contributed by atoms with Crippen LogP contribution in [-0.2, 0) is 16.6 Å². The van der Waals surface area contributed by atoms with Crippen molar-refractivity contribution in [3.05, 3.63) is 60.4 Å². The van der Waals surface area contributed by atoms with Crippen molar-refractivity contribution >= 4 is 32.8 Å². The van der Waals surface area contributed by atoms with E-state index >= 15 is 0 Å². The molecule has 2 aromatic heterocycles. The topological polar surface area (TPSA) is 119 Å². The number of anilines is 2. The highest BCUT2D eigenvalue weighted by Crippen LogP contribution is 2.32. The van der Waals surface area contributed by atoms with Gasteiger partial charge in [0.1, 0.15) is 17.3 Å². The average Bonchev–Trinajstić information content (AvgIpc) is 3.24. The third-order valence-electron chi connectivity index (χ3n) is 6.34. The number of aromatic nitrogens is 4. The molecule has 0 aliphatic carbocycles. The largest absolute Gasteiger partial charge is 0.383 e. The van der Waals surface area contributed by atoms with Gasteiger partial charge < -0.3 is 11.1 Å². The third-order valence-corrected chi connectivity index (χ3v) is 8.25. The molecule has 0 bridgehead atoms. The van der Waals surface area contributed by atoms with E-state index in [-0.39, 0.29) is 17.7 Å². The van der Waals surface area contributed by atoms with Crippen LogP contribution in [-0.4, -0.2) is 51.6 Å². The molecule has 9 nitrogen and oxygen atoms in total. The zero-order chi connectivity index (χ0) is 25.3. The van der Waals surface area contributed by atoms with Crippen LogP contribution in [0.1, 0.15) is 26.2 Å². The summed E-state index contributed by atoms with van der Waals surface area (Å²) in [5.41, 5.74) is 8.33. The molecule has 0 unspecified atom stereocenters. The predicted octanol–water partition coefficient (Wildman–Crippen LogP) is 3.89. The zero-order valence-electron chi connectivity index (χ0n) is 19.9. The number of hydrogen-bond donors (Lipinski definition) is 2. The van der Waals surface area contributed by atoms with Gasteiger partial charge in [-0.3, -0.25) is 0 Å². The molecule has 5 rings (SSSR count). The van der Waals surface area contributed by atoms with Crippen LogP contribution in [0.15, 0.2) is 59.5 Å². The molecule has 1 fully saturated rings. The summed E-state index contributed by atoms with van der Waals surface area (Å²) in [6.07, 6.45) is 2.07. The SMILES string of the molecule is CCCn1nc(-c2ccc(F)cc2)c2c(N)nc(NC3CCN(S(=O)(=O)c4ccccc4)CC3)nc21. The molecule has 0 radical (unpaired) electrons. The Morgan fingerprint density at radius 1 is 1.06 bits per heavy atom. The molecule has 3 N–H and O–H groups in total. The summed E-state index contributed by atoms with van der Waals surface area (Å²) in [5, 5.41) is 8.67. The van der Waals surface area contributed by atoms with Gasteiger partial charge in [0.2, 0.25) is 16.0 Å². The first kappa shape index (κ1) is 24.1. The van der Waals surface area contributed by atoms with Crippen molar-refractivity contribution in [2.75, 3.05) is 24.1 Å². The standard InChI is InChI=1S/C25H28FN7O2S/c1-2-14-33-24-21(22(31-33)17-8-10-18(26)11-9-17)23(27)29-25(30-24)28-19-12-15-32(16-13-19)36(34,35)20-6-4-3-5-7-20/h3-11,19H,2,12-16H2,1H3,(H3,27,28,29,30). The van der Waals surface area contributed by atoms with Crippen LogP contribution >= 0.6 is 0 Å². The van der Waals surface area contributed by atoms with Crippen molar-refractivity contribution in [1.82, 2.24) is 24.1 Å². The molecule has 3 heterocycles. The normalized spacial score (nSPS) is 15.4. The summed E-state index contributed by atoms with van der Waals surface area (Å²) in [6.45, 7) is 3.49. The number of benzene rings is 2. The van der Waals surface area contributed by atoms with E-state index < -0.39 is 10.0 Å². The number of nitrogen functional groups attached to an aromatic ring is 1. The monoisotopic (exact) mass is 509 g/mol. The molecule has 188 valence electrons. The van der Waals surface area contributed by atoms with Crippen LogP contribution in [0.2, 0.25) is 0 Å². The van der Waals surface area contributed by atoms with Crippen LogP contribution in [0.25, 0.3) is 22.3 Å². The Labute approximate surface area is 209 Å². The first-order valence-electron chi connectivity index (χ1n) is 12.0. The van der Waals surface area contributed by atoms with Gasteiger partial charge in [0.05, 0.1) is 10.3 Å². The summed E-state index contributed by atoms with van der Waals surface area (Å²) in [6, 6.07) is 14.6. The third kappa shape index (κ3) is 4.63. The fraction of sp³-hybridized carbons (Fsp3) is 0.320. The van der Waals surface area contributed by atoms with Gasteiger partial charge in [0, 0.05) is 31.2 Å². The fourth-order valence-electron chi connectivity index (χ4n) is 4.50. The Kier molecular flexibility index (Phi) is 6.59. The highest BCUT2D eigenvalue weighted by Gasteiger charge is 2.30. The Morgan fingerprint density at radius 3 is 2.42 bits per heavy atom. The van der Waals surface area contributed by atoms with Gasteiger partial charge in [0.15, 0.2) is 5.65 Å². The average molecular weight is 510 g/mol. The summed E-state index contributed by atoms with van der Waals surface area (Å²) >= 11 is 0. The molecule has 4 aromatic rings. The molecule has 1 aliphatic rings. The second kappa shape index (κ2) is 9.82. The quantitative estimate of drug-likeness (QED) is 0.388. The molecule has 36 heavy (non-hydrogen) atoms. The van der Waals surface area contributed by atoms with Crippen molar-refractivity contribution in [2.24, 2.45) is 0 Å². The summed E-state index contributed by atoms with van der Waals surface area (Å²) in [4.78, 5) is 9.51. The number of nitrogens with one attached hydrogen (secondary N) is 1. The van der Waals surface area contributed by atoms with Crippen molar-refractivity contribution in [3.63, 3.8) is 0 Å². The van der Waals surface area contributed by atoms with Crippen LogP contribution in [0.5, 0.6) is 0 Å². The number of fused-ring (bicyclic) bond motifs is 1. The molecule has 0 spiro atoms. The fourth-order valence-corrected chi connectivity index (χ4v) is 6.00. The van der Waals surface area contributed by atoms with Crippen molar-refractivity contribution in [2.45, 2.75) is 43.7 Å². The Bertz CT molecular complexity index is 1470. The van der Waals surface area contributed by atoms with Gasteiger partial charge in [-0.25, -0.2) is 17.5 Å². The number of hydrogen-bond acceptors (Lipinski definition) is 7. The second-order valence-corrected chi connectivity index (χ2v) is 10.8. The number of nitrogens with two attached hydrogens (primary N) is 1. The van der Waals surface area contributed by atoms with Gasteiger partial charge in [-0.2, -0.15) is 19.4 Å². The van der Waals surface area contributed by atoms with E-state index in [1.165, 1.54) is 16.4 Å². The van der Waals surface area contributed by atoms with Crippen molar-refractivity contribution in [3.8, 4) is 11.3 Å². The maximum Gasteiger partial charge on any atom is 0.243 e. The number of halogens is 1. The van der Waals surface area contributed by atoms with E-state index in [0.29, 0.717) is 60.0 Å². The predicted molar refractivity (Wildman–Crippen MR) is 137 cm³/mol. The Balaban J connectivity index is 1.37. The summed E-state index contributed by atoms with van der Waals surface area (Å²) in [5.74, 6) is 0.343. The van der Waals surface area contributed by atoms with E-state index in [4.69, 9.17) is 15.8 Å². The van der Waals surface area contributed by atoms with Crippen molar-refractivity contribution in [1.29, 1.82) is 0 Å². The van der Waals surface area contributed by atoms with Gasteiger partial charge >= 0.3 is 0 Å². The minimum absolute atomic E-state index is 0.00295. The lowest BCUT2D eigenvalue weighted by molar-refractivity contribution is 0.329. The highest BCUT2D eigenvalue weighted by atomic mass is 32.2. The van der Waals surface area contributed by atoms with Gasteiger partial charge in [-0.05, 0) is 55.7 Å². The molecule has 1 saturated heterocycles. The van der Waals surface area contributed by atoms with E-state index in [1.807, 2.05) is 6.92 Å². The first-order chi connectivity index (χ1) is 17.4. The molecular weight excluding hydrogens is 481 g/mol. The van der Waals surface area contributed by atoms with E-state index in [9.17, 15) is 12.8 Å². The van der Waals surface area contributed by atoms with Gasteiger partial charge in [-0.15, -0.1) is 0 Å². The smallest absolute Gasteiger partial charge is 0.243 e. The molecule has 0 amide bonds. The maximum absolute atomic E-state index is 13.5. The number of aryl methyl sites for hydroxylation is 1. The van der Waals surface area contributed by atoms with E-state index in [0.717, 1.165) is 12.0 Å². The molecule has 2 aromatic carbocycles. The highest BCUT2D eigenvalue weighted by molar-refractivity contribution is 7.89. The van der Waals surface area contributed by atoms with E-state index in [2.05, 4.69) is 10.3 Å². The van der Waals surface area contributed by atoms with Crippen LogP contribution in [0.4, 0.5) is 16.2 Å². The number of nitrogens with zero attached hydrogens (tertiary/aromatic N) is 5. The molecular formula is C25H28FN7O2S. The minimum atomic E-state index is -3.51. The van der Waals surface area contributed by atoms with Crippen LogP contribution < -0.4 is 11.1 Å². The Hall–Kier alpha value is -3.57. The van der Waals surface area contributed by atoms with Gasteiger partial charge in [0.25, 0.3) is 0 Å². The lowest BCUT2D eigenvalue weighted by Crippen LogP contribution is -2.42. The first-order valence-corrected chi connectivity index (χ1v) is 13.4. The van der Waals surface area contributed by atoms with Crippen LogP contribution in [0.3, 0.4) is 0 Å². The summed E-state index contributed by atoms with van der Waals surface area (Å²) in [7, 11) is -3.51. The second-order valence-electron chi connectivity index (χ2n) is 8.85. The molecule has 1 aliphatic heterocycles. The lowest BCUT2D eigenvalue weighted by Gasteiger charge is -2.31. The molecule has 0 atom stereocenters. The summed E-state index contributed by atoms with van der Waals surface area (Å²) < 4.78 is 42.6. The maximum atomic E-state index is 13.5. The van der Waals surface area contributed by atoms with Gasteiger partial charge in [-0.1, -0.05) is 25.1 Å². The lowest BCUT2D eigenvalue weighted by atomic mass is 10.1. The number of piperidine rings is 1. The number of sulfonamides is 1. The molecule has 11 heteroatoms. The van der Waals surface area contributed by atoms with Crippen LogP contribution in [0, 0.1) is 5.82 Å². The van der Waals surface area contributed by atoms with Crippen molar-refractivity contribution < 1.29 is 12.8 Å². The number of rotatable bonds is 7.